The lowest BCUT2D eigenvalue weighted by Gasteiger charge is -2.34. The number of nitrogens with two attached hydrogens (primary N) is 1. The number of hydrogen-bond acceptors (Lipinski definition) is 5. The van der Waals surface area contributed by atoms with Crippen LogP contribution in [0.5, 0.6) is 5.75 Å². The number of nitrogens with zero attached hydrogens (tertiary/aromatic N) is 2. The minimum absolute atomic E-state index is 0.189. The van der Waals surface area contributed by atoms with Crippen molar-refractivity contribution in [2.24, 2.45) is 0 Å². The van der Waals surface area contributed by atoms with Gasteiger partial charge < -0.3 is 25.6 Å². The van der Waals surface area contributed by atoms with Gasteiger partial charge in [-0.25, -0.2) is 0 Å². The minimum Gasteiger partial charge on any atom is -0.497 e. The molecule has 1 amide bonds. The molecule has 1 aliphatic heterocycles. The van der Waals surface area contributed by atoms with Gasteiger partial charge in [-0.2, -0.15) is 0 Å². The molecule has 2 aromatic carbocycles. The van der Waals surface area contributed by atoms with E-state index in [1.54, 1.807) is 31.4 Å². The van der Waals surface area contributed by atoms with Gasteiger partial charge in [0.2, 0.25) is 0 Å². The van der Waals surface area contributed by atoms with E-state index in [1.165, 1.54) is 0 Å². The number of nitrogens with one attached hydrogen (secondary N) is 1. The zero-order chi connectivity index (χ0) is 17.8. The topological polar surface area (TPSA) is 70.8 Å². The molecule has 6 nitrogen and oxygen atoms in total. The number of carbonyl (C=O) groups is 1. The third-order valence-corrected chi connectivity index (χ3v) is 4.46. The van der Waals surface area contributed by atoms with Crippen LogP contribution in [0, 0.1) is 0 Å². The van der Waals surface area contributed by atoms with E-state index in [0.717, 1.165) is 31.9 Å². The van der Waals surface area contributed by atoms with E-state index in [9.17, 15) is 4.79 Å². The van der Waals surface area contributed by atoms with Crippen molar-refractivity contribution in [3.05, 3.63) is 48.0 Å². The Morgan fingerprint density at radius 1 is 1.12 bits per heavy atom. The maximum absolute atomic E-state index is 12.4. The van der Waals surface area contributed by atoms with E-state index in [4.69, 9.17) is 10.5 Å². The molecule has 0 aliphatic carbocycles. The summed E-state index contributed by atoms with van der Waals surface area (Å²) in [5.74, 6) is 0.461. The first-order chi connectivity index (χ1) is 12.1. The maximum atomic E-state index is 12.4. The highest BCUT2D eigenvalue weighted by atomic mass is 16.5. The molecule has 132 valence electrons. The second-order valence-corrected chi connectivity index (χ2v) is 6.25. The molecular weight excluding hydrogens is 316 g/mol. The van der Waals surface area contributed by atoms with Crippen LogP contribution < -0.4 is 20.7 Å². The van der Waals surface area contributed by atoms with Crippen molar-refractivity contribution in [3.63, 3.8) is 0 Å². The van der Waals surface area contributed by atoms with Crippen LogP contribution >= 0.6 is 0 Å². The first kappa shape index (κ1) is 17.1. The molecule has 3 N–H and O–H groups in total. The van der Waals surface area contributed by atoms with Gasteiger partial charge in [0.1, 0.15) is 5.75 Å². The fraction of sp³-hybridized carbons (Fsp3) is 0.316. The molecule has 1 fully saturated rings. The summed E-state index contributed by atoms with van der Waals surface area (Å²) in [7, 11) is 3.70. The highest BCUT2D eigenvalue weighted by Gasteiger charge is 2.17. The van der Waals surface area contributed by atoms with E-state index < -0.39 is 0 Å². The average molecular weight is 340 g/mol. The van der Waals surface area contributed by atoms with Crippen molar-refractivity contribution in [2.75, 3.05) is 56.3 Å². The lowest BCUT2D eigenvalue weighted by Crippen LogP contribution is -2.44. The first-order valence-corrected chi connectivity index (χ1v) is 8.35. The molecule has 1 saturated heterocycles. The van der Waals surface area contributed by atoms with Gasteiger partial charge >= 0.3 is 0 Å². The summed E-state index contributed by atoms with van der Waals surface area (Å²) in [6.45, 7) is 3.95. The predicted octanol–water partition coefficient (Wildman–Crippen LogP) is 2.28. The Morgan fingerprint density at radius 3 is 2.56 bits per heavy atom. The summed E-state index contributed by atoms with van der Waals surface area (Å²) in [6, 6.07) is 12.7. The fourth-order valence-electron chi connectivity index (χ4n) is 2.94. The largest absolute Gasteiger partial charge is 0.497 e. The van der Waals surface area contributed by atoms with Crippen LogP contribution in [0.4, 0.5) is 17.1 Å². The van der Waals surface area contributed by atoms with E-state index in [1.807, 2.05) is 18.2 Å². The van der Waals surface area contributed by atoms with Gasteiger partial charge in [0.25, 0.3) is 5.91 Å². The van der Waals surface area contributed by atoms with E-state index >= 15 is 0 Å². The molecule has 0 spiro atoms. The summed E-state index contributed by atoms with van der Waals surface area (Å²) in [5.41, 5.74) is 9.14. The summed E-state index contributed by atoms with van der Waals surface area (Å²) in [4.78, 5) is 17.0. The number of hydrogen-bond donors (Lipinski definition) is 2. The first-order valence-electron chi connectivity index (χ1n) is 8.35. The normalized spacial score (nSPS) is 15.0. The van der Waals surface area contributed by atoms with Gasteiger partial charge in [-0.15, -0.1) is 0 Å². The molecule has 0 atom stereocenters. The van der Waals surface area contributed by atoms with Gasteiger partial charge in [-0.05, 0) is 43.4 Å². The molecule has 0 bridgehead atoms. The number of nitrogen functional groups attached to an aromatic ring is 1. The summed E-state index contributed by atoms with van der Waals surface area (Å²) in [6.07, 6.45) is 0. The molecule has 1 heterocycles. The number of methoxy groups -OCH3 is 1. The Balaban J connectivity index is 1.71. The van der Waals surface area contributed by atoms with Gasteiger partial charge in [0, 0.05) is 37.4 Å². The van der Waals surface area contributed by atoms with Crippen LogP contribution in [0.1, 0.15) is 10.4 Å². The third-order valence-electron chi connectivity index (χ3n) is 4.46. The minimum atomic E-state index is -0.189. The van der Waals surface area contributed by atoms with Crippen LogP contribution in [0.25, 0.3) is 0 Å². The maximum Gasteiger partial charge on any atom is 0.255 e. The molecule has 2 aromatic rings. The van der Waals surface area contributed by atoms with Gasteiger partial charge in [-0.3, -0.25) is 4.79 Å². The number of rotatable bonds is 4. The molecule has 0 saturated carbocycles. The summed E-state index contributed by atoms with van der Waals surface area (Å²) < 4.78 is 5.16. The summed E-state index contributed by atoms with van der Waals surface area (Å²) in [5, 5.41) is 2.89. The van der Waals surface area contributed by atoms with Crippen LogP contribution in [0.15, 0.2) is 42.5 Å². The Labute approximate surface area is 148 Å². The van der Waals surface area contributed by atoms with Crippen LogP contribution in [0.2, 0.25) is 0 Å². The number of amides is 1. The Morgan fingerprint density at radius 2 is 1.88 bits per heavy atom. The Bertz CT molecular complexity index is 755. The average Bonchev–Trinajstić information content (AvgIpc) is 2.63. The highest BCUT2D eigenvalue weighted by Crippen LogP contribution is 2.27. The smallest absolute Gasteiger partial charge is 0.255 e. The Hall–Kier alpha value is -2.73. The summed E-state index contributed by atoms with van der Waals surface area (Å²) >= 11 is 0. The number of anilines is 3. The molecule has 25 heavy (non-hydrogen) atoms. The van der Waals surface area contributed by atoms with Crippen molar-refractivity contribution in [1.29, 1.82) is 0 Å². The molecule has 0 radical (unpaired) electrons. The monoisotopic (exact) mass is 340 g/mol. The SMILES string of the molecule is COc1cccc(C(=O)Nc2ccc(N3CCN(C)CC3)c(N)c2)c1. The van der Waals surface area contributed by atoms with E-state index in [2.05, 4.69) is 22.2 Å². The van der Waals surface area contributed by atoms with Gasteiger partial charge in [-0.1, -0.05) is 6.07 Å². The van der Waals surface area contributed by atoms with Crippen LogP contribution in [-0.4, -0.2) is 51.1 Å². The number of carbonyl (C=O) groups excluding carboxylic acids is 1. The number of benzene rings is 2. The van der Waals surface area contributed by atoms with Crippen LogP contribution in [-0.2, 0) is 0 Å². The van der Waals surface area contributed by atoms with Crippen molar-refractivity contribution in [2.45, 2.75) is 0 Å². The molecule has 3 rings (SSSR count). The van der Waals surface area contributed by atoms with E-state index in [0.29, 0.717) is 22.7 Å². The standard InChI is InChI=1S/C19H24N4O2/c1-22-8-10-23(11-9-22)18-7-6-15(13-17(18)20)21-19(24)14-4-3-5-16(12-14)25-2/h3-7,12-13H,8-11,20H2,1-2H3,(H,21,24). The zero-order valence-corrected chi connectivity index (χ0v) is 14.7. The van der Waals surface area contributed by atoms with Gasteiger partial charge in [0.15, 0.2) is 0 Å². The number of likely N-dealkylation sites (N-methyl/N-ethyl adjacent to an activating group) is 1. The molecule has 6 heteroatoms. The zero-order valence-electron chi connectivity index (χ0n) is 14.7. The van der Waals surface area contributed by atoms with Crippen molar-refractivity contribution >= 4 is 23.0 Å². The number of ether oxygens (including phenoxy) is 1. The molecule has 0 unspecified atom stereocenters. The van der Waals surface area contributed by atoms with Crippen molar-refractivity contribution < 1.29 is 9.53 Å². The van der Waals surface area contributed by atoms with E-state index in [-0.39, 0.29) is 5.91 Å². The second-order valence-electron chi connectivity index (χ2n) is 6.25. The lowest BCUT2D eigenvalue weighted by atomic mass is 10.1. The third kappa shape index (κ3) is 4.03. The quantitative estimate of drug-likeness (QED) is 0.836. The number of piperazine rings is 1. The second kappa shape index (κ2) is 7.44. The highest BCUT2D eigenvalue weighted by molar-refractivity contribution is 6.04. The lowest BCUT2D eigenvalue weighted by molar-refractivity contribution is 0.102. The molecular formula is C19H24N4O2. The van der Waals surface area contributed by atoms with Gasteiger partial charge in [0.05, 0.1) is 18.5 Å². The molecule has 0 aromatic heterocycles. The fourth-order valence-corrected chi connectivity index (χ4v) is 2.94. The van der Waals surface area contributed by atoms with Crippen LogP contribution in [0.3, 0.4) is 0 Å². The predicted molar refractivity (Wildman–Crippen MR) is 102 cm³/mol. The molecule has 1 aliphatic rings. The van der Waals surface area contributed by atoms with Crippen molar-refractivity contribution in [3.8, 4) is 5.75 Å². The Kier molecular flexibility index (Phi) is 5.09. The van der Waals surface area contributed by atoms with Crippen molar-refractivity contribution in [1.82, 2.24) is 4.90 Å².